The molecule has 2 aromatic rings. The highest BCUT2D eigenvalue weighted by Gasteiger charge is 2.18. The van der Waals surface area contributed by atoms with Gasteiger partial charge in [-0.2, -0.15) is 0 Å². The summed E-state index contributed by atoms with van der Waals surface area (Å²) in [6, 6.07) is 6.52. The van der Waals surface area contributed by atoms with Gasteiger partial charge in [0.25, 0.3) is 10.0 Å². The van der Waals surface area contributed by atoms with Gasteiger partial charge >= 0.3 is 0 Å². The van der Waals surface area contributed by atoms with Gasteiger partial charge in [-0.05, 0) is 25.1 Å². The second kappa shape index (κ2) is 5.02. The van der Waals surface area contributed by atoms with Gasteiger partial charge in [-0.3, -0.25) is 4.72 Å². The second-order valence-electron chi connectivity index (χ2n) is 4.21. The van der Waals surface area contributed by atoms with Crippen LogP contribution in [0.3, 0.4) is 0 Å². The lowest BCUT2D eigenvalue weighted by atomic mass is 10.4. The summed E-state index contributed by atoms with van der Waals surface area (Å²) in [5, 5.41) is 9.08. The summed E-state index contributed by atoms with van der Waals surface area (Å²) >= 11 is 0. The highest BCUT2D eigenvalue weighted by Crippen LogP contribution is 2.17. The van der Waals surface area contributed by atoms with E-state index in [0.29, 0.717) is 5.69 Å². The molecule has 2 N–H and O–H groups in total. The molecule has 2 rings (SSSR count). The maximum Gasteiger partial charge on any atom is 0.264 e. The fourth-order valence-electron chi connectivity index (χ4n) is 1.68. The van der Waals surface area contributed by atoms with Crippen LogP contribution in [0, 0.1) is 6.92 Å². The summed E-state index contributed by atoms with van der Waals surface area (Å²) in [6.45, 7) is 1.57. The minimum Gasteiger partial charge on any atom is -0.390 e. The first kappa shape index (κ1) is 13.6. The largest absolute Gasteiger partial charge is 0.390 e. The third-order valence-electron chi connectivity index (χ3n) is 2.68. The molecular formula is C12H15N3O3S. The van der Waals surface area contributed by atoms with E-state index in [4.69, 9.17) is 5.11 Å². The van der Waals surface area contributed by atoms with Gasteiger partial charge in [0, 0.05) is 24.6 Å². The van der Waals surface area contributed by atoms with Crippen LogP contribution in [-0.4, -0.2) is 23.1 Å². The van der Waals surface area contributed by atoms with Crippen molar-refractivity contribution in [3.63, 3.8) is 0 Å². The van der Waals surface area contributed by atoms with Crippen molar-refractivity contribution in [2.45, 2.75) is 18.4 Å². The highest BCUT2D eigenvalue weighted by molar-refractivity contribution is 7.92. The molecule has 0 unspecified atom stereocenters. The Morgan fingerprint density at radius 1 is 1.42 bits per heavy atom. The van der Waals surface area contributed by atoms with E-state index >= 15 is 0 Å². The number of nitrogens with one attached hydrogen (secondary N) is 1. The van der Waals surface area contributed by atoms with E-state index in [0.717, 1.165) is 5.69 Å². The molecule has 0 fully saturated rings. The van der Waals surface area contributed by atoms with Crippen molar-refractivity contribution in [1.82, 2.24) is 9.55 Å². The van der Waals surface area contributed by atoms with Crippen molar-refractivity contribution >= 4 is 15.8 Å². The Kier molecular flexibility index (Phi) is 3.59. The number of aliphatic hydroxyl groups is 1. The molecule has 0 aliphatic heterocycles. The van der Waals surface area contributed by atoms with Crippen molar-refractivity contribution < 1.29 is 13.5 Å². The topological polar surface area (TPSA) is 84.2 Å². The summed E-state index contributed by atoms with van der Waals surface area (Å²) in [5.74, 6) is 0.273. The number of aromatic nitrogens is 2. The molecule has 19 heavy (non-hydrogen) atoms. The van der Waals surface area contributed by atoms with Crippen LogP contribution in [0.2, 0.25) is 0 Å². The first-order valence-electron chi connectivity index (χ1n) is 5.65. The highest BCUT2D eigenvalue weighted by atomic mass is 32.2. The van der Waals surface area contributed by atoms with Crippen molar-refractivity contribution in [2.75, 3.05) is 4.72 Å². The third-order valence-corrected chi connectivity index (χ3v) is 4.00. The molecule has 0 aromatic carbocycles. The predicted molar refractivity (Wildman–Crippen MR) is 71.1 cm³/mol. The number of pyridine rings is 1. The number of anilines is 1. The molecular weight excluding hydrogens is 266 g/mol. The molecule has 0 aliphatic rings. The minimum absolute atomic E-state index is 0.0994. The van der Waals surface area contributed by atoms with Crippen molar-refractivity contribution in [2.24, 2.45) is 7.05 Å². The Bertz CT molecular complexity index is 692. The van der Waals surface area contributed by atoms with Crippen molar-refractivity contribution in [1.29, 1.82) is 0 Å². The van der Waals surface area contributed by atoms with Gasteiger partial charge < -0.3 is 9.67 Å². The van der Waals surface area contributed by atoms with Crippen LogP contribution in [-0.2, 0) is 23.7 Å². The standard InChI is InChI=1S/C12H15N3O3S/c1-9-4-3-5-12(13-9)14-19(17,18)11-6-10(8-16)15(2)7-11/h3-7,16H,8H2,1-2H3,(H,13,14). The molecule has 0 saturated heterocycles. The Morgan fingerprint density at radius 2 is 2.16 bits per heavy atom. The number of sulfonamides is 1. The number of aliphatic hydroxyl groups excluding tert-OH is 1. The number of hydrogen-bond acceptors (Lipinski definition) is 4. The van der Waals surface area contributed by atoms with Gasteiger partial charge in [0.05, 0.1) is 6.61 Å². The van der Waals surface area contributed by atoms with Gasteiger partial charge in [0.15, 0.2) is 0 Å². The maximum absolute atomic E-state index is 12.1. The van der Waals surface area contributed by atoms with Gasteiger partial charge in [-0.1, -0.05) is 6.07 Å². The average Bonchev–Trinajstić information content (AvgIpc) is 2.71. The van der Waals surface area contributed by atoms with Crippen molar-refractivity contribution in [3.8, 4) is 0 Å². The van der Waals surface area contributed by atoms with Crippen LogP contribution in [0.25, 0.3) is 0 Å². The second-order valence-corrected chi connectivity index (χ2v) is 5.89. The van der Waals surface area contributed by atoms with E-state index < -0.39 is 10.0 Å². The zero-order chi connectivity index (χ0) is 14.0. The smallest absolute Gasteiger partial charge is 0.264 e. The Labute approximate surface area is 111 Å². The van der Waals surface area contributed by atoms with Crippen LogP contribution in [0.15, 0.2) is 35.4 Å². The third kappa shape index (κ3) is 2.94. The molecule has 0 spiro atoms. The fourth-order valence-corrected chi connectivity index (χ4v) is 2.77. The van der Waals surface area contributed by atoms with Crippen LogP contribution in [0.4, 0.5) is 5.82 Å². The van der Waals surface area contributed by atoms with Crippen LogP contribution in [0.1, 0.15) is 11.4 Å². The molecule has 6 nitrogen and oxygen atoms in total. The molecule has 0 saturated carbocycles. The van der Waals surface area contributed by atoms with Crippen molar-refractivity contribution in [3.05, 3.63) is 41.9 Å². The summed E-state index contributed by atoms with van der Waals surface area (Å²) in [4.78, 5) is 4.19. The molecule has 0 aliphatic carbocycles. The van der Waals surface area contributed by atoms with Crippen LogP contribution in [0.5, 0.6) is 0 Å². The number of rotatable bonds is 4. The number of hydrogen-bond donors (Lipinski definition) is 2. The summed E-state index contributed by atoms with van der Waals surface area (Å²) < 4.78 is 28.3. The van der Waals surface area contributed by atoms with E-state index in [2.05, 4.69) is 9.71 Å². The Morgan fingerprint density at radius 3 is 2.74 bits per heavy atom. The fraction of sp³-hybridized carbons (Fsp3) is 0.250. The quantitative estimate of drug-likeness (QED) is 0.876. The number of aryl methyl sites for hydroxylation is 2. The Balaban J connectivity index is 2.32. The minimum atomic E-state index is -3.69. The summed E-state index contributed by atoms with van der Waals surface area (Å²) in [6.07, 6.45) is 1.45. The summed E-state index contributed by atoms with van der Waals surface area (Å²) in [7, 11) is -2.01. The predicted octanol–water partition coefficient (Wildman–Crippen LogP) is 1.02. The van der Waals surface area contributed by atoms with Crippen LogP contribution >= 0.6 is 0 Å². The Hall–Kier alpha value is -1.86. The molecule has 2 heterocycles. The normalized spacial score (nSPS) is 11.5. The molecule has 0 atom stereocenters. The molecule has 0 bridgehead atoms. The van der Waals surface area contributed by atoms with Gasteiger partial charge in [0.1, 0.15) is 10.7 Å². The van der Waals surface area contributed by atoms with E-state index in [1.54, 1.807) is 36.7 Å². The first-order valence-corrected chi connectivity index (χ1v) is 7.13. The molecule has 2 aromatic heterocycles. The number of nitrogens with zero attached hydrogens (tertiary/aromatic N) is 2. The summed E-state index contributed by atoms with van der Waals surface area (Å²) in [5.41, 5.74) is 1.25. The molecule has 0 radical (unpaired) electrons. The van der Waals surface area contributed by atoms with Gasteiger partial charge in [-0.15, -0.1) is 0 Å². The monoisotopic (exact) mass is 281 g/mol. The lowest BCUT2D eigenvalue weighted by molar-refractivity contribution is 0.272. The lowest BCUT2D eigenvalue weighted by Crippen LogP contribution is -2.13. The van der Waals surface area contributed by atoms with Gasteiger partial charge in [-0.25, -0.2) is 13.4 Å². The first-order chi connectivity index (χ1) is 8.92. The van der Waals surface area contributed by atoms with E-state index in [1.165, 1.54) is 12.3 Å². The van der Waals surface area contributed by atoms with Gasteiger partial charge in [0.2, 0.25) is 0 Å². The molecule has 0 amide bonds. The lowest BCUT2D eigenvalue weighted by Gasteiger charge is -2.05. The molecule has 7 heteroatoms. The zero-order valence-corrected chi connectivity index (χ0v) is 11.5. The average molecular weight is 281 g/mol. The zero-order valence-electron chi connectivity index (χ0n) is 10.7. The van der Waals surface area contributed by atoms with Crippen LogP contribution < -0.4 is 4.72 Å². The molecule has 102 valence electrons. The SMILES string of the molecule is Cc1cccc(NS(=O)(=O)c2cc(CO)n(C)c2)n1. The van der Waals surface area contributed by atoms with E-state index in [-0.39, 0.29) is 17.3 Å². The van der Waals surface area contributed by atoms with E-state index in [9.17, 15) is 8.42 Å². The maximum atomic E-state index is 12.1. The van der Waals surface area contributed by atoms with E-state index in [1.807, 2.05) is 0 Å².